The van der Waals surface area contributed by atoms with Crippen molar-refractivity contribution in [2.75, 3.05) is 5.32 Å². The third-order valence-electron chi connectivity index (χ3n) is 4.58. The van der Waals surface area contributed by atoms with Crippen LogP contribution >= 0.6 is 0 Å². The highest BCUT2D eigenvalue weighted by molar-refractivity contribution is 5.90. The Morgan fingerprint density at radius 2 is 2.04 bits per heavy atom. The second kappa shape index (κ2) is 6.51. The Kier molecular flexibility index (Phi) is 4.05. The molecule has 2 amide bonds. The van der Waals surface area contributed by atoms with Crippen molar-refractivity contribution in [3.8, 4) is 11.3 Å². The van der Waals surface area contributed by atoms with E-state index in [1.54, 1.807) is 24.8 Å². The van der Waals surface area contributed by atoms with Gasteiger partial charge in [-0.1, -0.05) is 12.8 Å². The zero-order valence-electron chi connectivity index (χ0n) is 14.1. The molecule has 0 aliphatic heterocycles. The average Bonchev–Trinajstić information content (AvgIpc) is 3.25. The molecule has 1 saturated carbocycles. The summed E-state index contributed by atoms with van der Waals surface area (Å²) in [7, 11) is 1.94. The number of aryl methyl sites for hydroxylation is 1. The number of hydrogen-bond acceptors (Lipinski definition) is 4. The first kappa shape index (κ1) is 15.6. The number of carbonyl (C=O) groups is 1. The fourth-order valence-electron chi connectivity index (χ4n) is 3.26. The van der Waals surface area contributed by atoms with E-state index >= 15 is 0 Å². The number of fused-ring (bicyclic) bond motifs is 1. The molecule has 1 fully saturated rings. The third-order valence-corrected chi connectivity index (χ3v) is 4.58. The summed E-state index contributed by atoms with van der Waals surface area (Å²) in [5, 5.41) is 5.82. The fraction of sp³-hybridized carbons (Fsp3) is 0.333. The van der Waals surface area contributed by atoms with Crippen molar-refractivity contribution in [1.29, 1.82) is 0 Å². The van der Waals surface area contributed by atoms with E-state index in [2.05, 4.69) is 25.6 Å². The Labute approximate surface area is 145 Å². The summed E-state index contributed by atoms with van der Waals surface area (Å²) < 4.78 is 1.93. The molecule has 3 aromatic rings. The summed E-state index contributed by atoms with van der Waals surface area (Å²) in [5.41, 5.74) is 3.42. The van der Waals surface area contributed by atoms with E-state index in [1.165, 1.54) is 12.8 Å². The molecule has 3 aromatic heterocycles. The molecule has 0 radical (unpaired) electrons. The van der Waals surface area contributed by atoms with Gasteiger partial charge in [0, 0.05) is 24.8 Å². The topological polar surface area (TPSA) is 84.7 Å². The Morgan fingerprint density at radius 1 is 1.20 bits per heavy atom. The van der Waals surface area contributed by atoms with Crippen molar-refractivity contribution in [2.24, 2.45) is 7.05 Å². The maximum Gasteiger partial charge on any atom is 0.320 e. The SMILES string of the molecule is Cn1cncc1-c1cnc2ccc(NC(=O)NC3CCCC3)nc2c1. The van der Waals surface area contributed by atoms with Crippen LogP contribution < -0.4 is 10.6 Å². The van der Waals surface area contributed by atoms with Crippen LogP contribution in [0.2, 0.25) is 0 Å². The van der Waals surface area contributed by atoms with Crippen LogP contribution in [0, 0.1) is 0 Å². The maximum absolute atomic E-state index is 12.1. The predicted molar refractivity (Wildman–Crippen MR) is 96.2 cm³/mol. The minimum Gasteiger partial charge on any atom is -0.335 e. The van der Waals surface area contributed by atoms with Crippen LogP contribution in [0.25, 0.3) is 22.3 Å². The minimum absolute atomic E-state index is 0.200. The molecule has 0 atom stereocenters. The van der Waals surface area contributed by atoms with Crippen LogP contribution in [-0.4, -0.2) is 31.6 Å². The second-order valence-electron chi connectivity index (χ2n) is 6.43. The molecule has 0 unspecified atom stereocenters. The van der Waals surface area contributed by atoms with Crippen molar-refractivity contribution >= 4 is 22.9 Å². The smallest absolute Gasteiger partial charge is 0.320 e. The fourth-order valence-corrected chi connectivity index (χ4v) is 3.26. The Morgan fingerprint density at radius 3 is 2.80 bits per heavy atom. The van der Waals surface area contributed by atoms with Gasteiger partial charge in [-0.3, -0.25) is 10.3 Å². The van der Waals surface area contributed by atoms with E-state index in [-0.39, 0.29) is 12.1 Å². The lowest BCUT2D eigenvalue weighted by Crippen LogP contribution is -2.36. The molecule has 2 N–H and O–H groups in total. The van der Waals surface area contributed by atoms with Crippen molar-refractivity contribution in [3.63, 3.8) is 0 Å². The van der Waals surface area contributed by atoms with Gasteiger partial charge in [-0.15, -0.1) is 0 Å². The lowest BCUT2D eigenvalue weighted by molar-refractivity contribution is 0.248. The van der Waals surface area contributed by atoms with Gasteiger partial charge >= 0.3 is 6.03 Å². The predicted octanol–water partition coefficient (Wildman–Crippen LogP) is 3.09. The number of urea groups is 1. The molecule has 128 valence electrons. The van der Waals surface area contributed by atoms with Gasteiger partial charge in [0.1, 0.15) is 5.82 Å². The molecule has 1 aliphatic carbocycles. The highest BCUT2D eigenvalue weighted by atomic mass is 16.2. The Hall–Kier alpha value is -2.96. The van der Waals surface area contributed by atoms with Gasteiger partial charge in [0.2, 0.25) is 0 Å². The number of nitrogens with one attached hydrogen (secondary N) is 2. The molecule has 1 aliphatic rings. The Balaban J connectivity index is 1.56. The zero-order valence-corrected chi connectivity index (χ0v) is 14.1. The molecular weight excluding hydrogens is 316 g/mol. The molecule has 0 spiro atoms. The minimum atomic E-state index is -0.200. The van der Waals surface area contributed by atoms with Gasteiger partial charge in [0.25, 0.3) is 0 Å². The van der Waals surface area contributed by atoms with Gasteiger partial charge in [-0.05, 0) is 31.0 Å². The molecule has 0 saturated heterocycles. The van der Waals surface area contributed by atoms with Gasteiger partial charge in [0.15, 0.2) is 0 Å². The van der Waals surface area contributed by atoms with E-state index in [0.29, 0.717) is 5.82 Å². The van der Waals surface area contributed by atoms with Crippen molar-refractivity contribution < 1.29 is 4.79 Å². The molecule has 3 heterocycles. The van der Waals surface area contributed by atoms with Crippen molar-refractivity contribution in [1.82, 2.24) is 24.8 Å². The van der Waals surface area contributed by atoms with E-state index < -0.39 is 0 Å². The maximum atomic E-state index is 12.1. The first-order valence-electron chi connectivity index (χ1n) is 8.50. The summed E-state index contributed by atoms with van der Waals surface area (Å²) in [6.07, 6.45) is 9.82. The molecule has 0 bridgehead atoms. The van der Waals surface area contributed by atoms with Gasteiger partial charge in [-0.2, -0.15) is 0 Å². The normalized spacial score (nSPS) is 14.8. The first-order valence-corrected chi connectivity index (χ1v) is 8.50. The standard InChI is InChI=1S/C18H20N6O/c1-24-11-19-10-16(24)12-8-15-14(20-9-12)6-7-17(22-15)23-18(25)21-13-4-2-3-5-13/h6-11,13H,2-5H2,1H3,(H2,21,22,23,25). The van der Waals surface area contributed by atoms with E-state index in [0.717, 1.165) is 35.1 Å². The van der Waals surface area contributed by atoms with Crippen LogP contribution in [0.1, 0.15) is 25.7 Å². The van der Waals surface area contributed by atoms with Crippen molar-refractivity contribution in [2.45, 2.75) is 31.7 Å². The van der Waals surface area contributed by atoms with Crippen molar-refractivity contribution in [3.05, 3.63) is 36.9 Å². The molecular formula is C18H20N6O. The number of carbonyl (C=O) groups excluding carboxylic acids is 1. The van der Waals surface area contributed by atoms with Gasteiger partial charge < -0.3 is 9.88 Å². The highest BCUT2D eigenvalue weighted by Gasteiger charge is 2.17. The van der Waals surface area contributed by atoms with Crippen LogP contribution in [0.15, 0.2) is 36.9 Å². The molecule has 25 heavy (non-hydrogen) atoms. The lowest BCUT2D eigenvalue weighted by Gasteiger charge is -2.12. The number of aromatic nitrogens is 4. The van der Waals surface area contributed by atoms with Crippen LogP contribution in [0.4, 0.5) is 10.6 Å². The number of pyridine rings is 2. The number of rotatable bonds is 3. The lowest BCUT2D eigenvalue weighted by atomic mass is 10.2. The number of imidazole rings is 1. The second-order valence-corrected chi connectivity index (χ2v) is 6.43. The number of anilines is 1. The summed E-state index contributed by atoms with van der Waals surface area (Å²) in [6.45, 7) is 0. The van der Waals surface area contributed by atoms with E-state index in [4.69, 9.17) is 0 Å². The zero-order chi connectivity index (χ0) is 17.2. The third kappa shape index (κ3) is 3.31. The summed E-state index contributed by atoms with van der Waals surface area (Å²) in [4.78, 5) is 25.2. The average molecular weight is 336 g/mol. The van der Waals surface area contributed by atoms with Crippen LogP contribution in [-0.2, 0) is 7.05 Å². The number of nitrogens with zero attached hydrogens (tertiary/aromatic N) is 4. The van der Waals surface area contributed by atoms with E-state index in [9.17, 15) is 4.79 Å². The van der Waals surface area contributed by atoms with Crippen LogP contribution in [0.5, 0.6) is 0 Å². The monoisotopic (exact) mass is 336 g/mol. The molecule has 4 rings (SSSR count). The summed E-state index contributed by atoms with van der Waals surface area (Å²) >= 11 is 0. The van der Waals surface area contributed by atoms with Gasteiger partial charge in [0.05, 0.1) is 29.3 Å². The molecule has 7 nitrogen and oxygen atoms in total. The quantitative estimate of drug-likeness (QED) is 0.770. The van der Waals surface area contributed by atoms with E-state index in [1.807, 2.05) is 23.7 Å². The van der Waals surface area contributed by atoms with Crippen LogP contribution in [0.3, 0.4) is 0 Å². The number of amides is 2. The molecule has 0 aromatic carbocycles. The summed E-state index contributed by atoms with van der Waals surface area (Å²) in [6, 6.07) is 5.67. The molecule has 7 heteroatoms. The van der Waals surface area contributed by atoms with Gasteiger partial charge in [-0.25, -0.2) is 14.8 Å². The Bertz CT molecular complexity index is 913. The highest BCUT2D eigenvalue weighted by Crippen LogP contribution is 2.22. The number of hydrogen-bond donors (Lipinski definition) is 2. The summed E-state index contributed by atoms with van der Waals surface area (Å²) in [5.74, 6) is 0.520. The first-order chi connectivity index (χ1) is 12.2. The largest absolute Gasteiger partial charge is 0.335 e.